The lowest BCUT2D eigenvalue weighted by atomic mass is 10.2. The molecular formula is C12H15ClN2O4. The number of carbonyl (C=O) groups is 1. The molecule has 0 unspecified atom stereocenters. The van der Waals surface area contributed by atoms with Crippen LogP contribution in [0.1, 0.15) is 19.8 Å². The average molecular weight is 287 g/mol. The van der Waals surface area contributed by atoms with Gasteiger partial charge in [0.15, 0.2) is 0 Å². The Bertz CT molecular complexity index is 465. The van der Waals surface area contributed by atoms with Crippen molar-refractivity contribution in [1.82, 2.24) is 0 Å². The van der Waals surface area contributed by atoms with Gasteiger partial charge in [-0.25, -0.2) is 0 Å². The first-order chi connectivity index (χ1) is 9.04. The SMILES string of the molecule is CCOC(=O)CCCNc1ccc(Cl)cc1[N+](=O)[O-]. The minimum atomic E-state index is -0.500. The van der Waals surface area contributed by atoms with Crippen LogP contribution in [0.5, 0.6) is 0 Å². The molecule has 0 fully saturated rings. The van der Waals surface area contributed by atoms with Crippen LogP contribution < -0.4 is 5.32 Å². The number of esters is 1. The highest BCUT2D eigenvalue weighted by Gasteiger charge is 2.13. The van der Waals surface area contributed by atoms with Gasteiger partial charge in [0.05, 0.1) is 11.5 Å². The number of benzene rings is 1. The van der Waals surface area contributed by atoms with E-state index in [1.54, 1.807) is 19.1 Å². The quantitative estimate of drug-likeness (QED) is 0.361. The van der Waals surface area contributed by atoms with Crippen LogP contribution in [-0.4, -0.2) is 24.0 Å². The lowest BCUT2D eigenvalue weighted by Crippen LogP contribution is -2.09. The van der Waals surface area contributed by atoms with Crippen LogP contribution in [-0.2, 0) is 9.53 Å². The van der Waals surface area contributed by atoms with Gasteiger partial charge in [0.2, 0.25) is 0 Å². The van der Waals surface area contributed by atoms with Crippen LogP contribution in [0.3, 0.4) is 0 Å². The predicted molar refractivity (Wildman–Crippen MR) is 72.5 cm³/mol. The van der Waals surface area contributed by atoms with Crippen molar-refractivity contribution in [3.05, 3.63) is 33.3 Å². The molecule has 0 saturated carbocycles. The molecule has 1 rings (SSSR count). The molecule has 0 radical (unpaired) electrons. The maximum Gasteiger partial charge on any atom is 0.305 e. The molecule has 1 aromatic rings. The fourth-order valence-corrected chi connectivity index (χ4v) is 1.66. The van der Waals surface area contributed by atoms with E-state index in [0.29, 0.717) is 30.3 Å². The molecule has 6 nitrogen and oxygen atoms in total. The summed E-state index contributed by atoms with van der Waals surface area (Å²) < 4.78 is 4.78. The summed E-state index contributed by atoms with van der Waals surface area (Å²) >= 11 is 5.71. The van der Waals surface area contributed by atoms with Crippen LogP contribution >= 0.6 is 11.6 Å². The van der Waals surface area contributed by atoms with Crippen molar-refractivity contribution >= 4 is 28.9 Å². The van der Waals surface area contributed by atoms with Gasteiger partial charge >= 0.3 is 5.97 Å². The van der Waals surface area contributed by atoms with E-state index in [1.165, 1.54) is 6.07 Å². The van der Waals surface area contributed by atoms with Crippen molar-refractivity contribution in [2.75, 3.05) is 18.5 Å². The summed E-state index contributed by atoms with van der Waals surface area (Å²) in [6.07, 6.45) is 0.820. The summed E-state index contributed by atoms with van der Waals surface area (Å²) in [5.74, 6) is -0.269. The Morgan fingerprint density at radius 3 is 2.89 bits per heavy atom. The van der Waals surface area contributed by atoms with Crippen LogP contribution in [0.15, 0.2) is 18.2 Å². The molecule has 1 aromatic carbocycles. The Labute approximate surface area is 115 Å². The van der Waals surface area contributed by atoms with Gasteiger partial charge < -0.3 is 10.1 Å². The van der Waals surface area contributed by atoms with E-state index in [0.717, 1.165) is 0 Å². The lowest BCUT2D eigenvalue weighted by Gasteiger charge is -2.07. The number of anilines is 1. The molecule has 0 saturated heterocycles. The second-order valence-electron chi connectivity index (χ2n) is 3.75. The van der Waals surface area contributed by atoms with Gasteiger partial charge in [0.25, 0.3) is 5.69 Å². The van der Waals surface area contributed by atoms with Gasteiger partial charge in [-0.15, -0.1) is 0 Å². The van der Waals surface area contributed by atoms with E-state index < -0.39 is 4.92 Å². The Morgan fingerprint density at radius 1 is 1.53 bits per heavy atom. The fourth-order valence-electron chi connectivity index (χ4n) is 1.49. The number of rotatable bonds is 7. The van der Waals surface area contributed by atoms with Crippen molar-refractivity contribution in [2.45, 2.75) is 19.8 Å². The topological polar surface area (TPSA) is 81.5 Å². The summed E-state index contributed by atoms with van der Waals surface area (Å²) in [4.78, 5) is 21.4. The van der Waals surface area contributed by atoms with Gasteiger partial charge in [-0.3, -0.25) is 14.9 Å². The Kier molecular flexibility index (Phi) is 6.08. The van der Waals surface area contributed by atoms with Gasteiger partial charge in [-0.1, -0.05) is 11.6 Å². The van der Waals surface area contributed by atoms with Gasteiger partial charge in [0, 0.05) is 24.1 Å². The molecule has 0 bridgehead atoms. The van der Waals surface area contributed by atoms with Crippen molar-refractivity contribution in [2.24, 2.45) is 0 Å². The number of halogens is 1. The molecule has 0 aromatic heterocycles. The molecular weight excluding hydrogens is 272 g/mol. The Hall–Kier alpha value is -1.82. The van der Waals surface area contributed by atoms with Crippen LogP contribution in [0.2, 0.25) is 5.02 Å². The highest BCUT2D eigenvalue weighted by Crippen LogP contribution is 2.27. The number of carbonyl (C=O) groups excluding carboxylic acids is 1. The fraction of sp³-hybridized carbons (Fsp3) is 0.417. The maximum absolute atomic E-state index is 11.1. The second kappa shape index (κ2) is 7.58. The van der Waals surface area contributed by atoms with Gasteiger partial charge in [-0.05, 0) is 25.5 Å². The standard InChI is InChI=1S/C12H15ClN2O4/c1-2-19-12(16)4-3-7-14-10-6-5-9(13)8-11(10)15(17)18/h5-6,8,14H,2-4,7H2,1H3. The maximum atomic E-state index is 11.1. The van der Waals surface area contributed by atoms with Crippen molar-refractivity contribution in [3.8, 4) is 0 Å². The molecule has 0 spiro atoms. The molecule has 7 heteroatoms. The summed E-state index contributed by atoms with van der Waals surface area (Å²) in [6.45, 7) is 2.55. The first-order valence-corrected chi connectivity index (χ1v) is 6.25. The molecule has 0 aliphatic heterocycles. The number of hydrogen-bond acceptors (Lipinski definition) is 5. The molecule has 1 N–H and O–H groups in total. The number of nitro groups is 1. The first kappa shape index (κ1) is 15.2. The third-order valence-electron chi connectivity index (χ3n) is 2.33. The van der Waals surface area contributed by atoms with Crippen LogP contribution in [0.4, 0.5) is 11.4 Å². The number of ether oxygens (including phenoxy) is 1. The third-order valence-corrected chi connectivity index (χ3v) is 2.57. The minimum Gasteiger partial charge on any atom is -0.466 e. The summed E-state index contributed by atoms with van der Waals surface area (Å²) in [6, 6.07) is 4.41. The highest BCUT2D eigenvalue weighted by atomic mass is 35.5. The van der Waals surface area contributed by atoms with Crippen molar-refractivity contribution < 1.29 is 14.5 Å². The zero-order valence-electron chi connectivity index (χ0n) is 10.5. The van der Waals surface area contributed by atoms with Crippen LogP contribution in [0, 0.1) is 10.1 Å². The number of nitrogens with one attached hydrogen (secondary N) is 1. The monoisotopic (exact) mass is 286 g/mol. The van der Waals surface area contributed by atoms with E-state index in [-0.39, 0.29) is 18.1 Å². The summed E-state index contributed by atoms with van der Waals surface area (Å²) in [7, 11) is 0. The first-order valence-electron chi connectivity index (χ1n) is 5.88. The zero-order valence-corrected chi connectivity index (χ0v) is 11.3. The molecule has 0 heterocycles. The smallest absolute Gasteiger partial charge is 0.305 e. The minimum absolute atomic E-state index is 0.0800. The van der Waals surface area contributed by atoms with Crippen molar-refractivity contribution in [3.63, 3.8) is 0 Å². The molecule has 19 heavy (non-hydrogen) atoms. The molecule has 104 valence electrons. The Balaban J connectivity index is 2.49. The van der Waals surface area contributed by atoms with E-state index in [9.17, 15) is 14.9 Å². The van der Waals surface area contributed by atoms with E-state index >= 15 is 0 Å². The highest BCUT2D eigenvalue weighted by molar-refractivity contribution is 6.30. The number of nitro benzene ring substituents is 1. The zero-order chi connectivity index (χ0) is 14.3. The number of hydrogen-bond donors (Lipinski definition) is 1. The van der Waals surface area contributed by atoms with Crippen molar-refractivity contribution in [1.29, 1.82) is 0 Å². The summed E-state index contributed by atoms with van der Waals surface area (Å²) in [5, 5.41) is 14.1. The molecule has 0 aliphatic rings. The largest absolute Gasteiger partial charge is 0.466 e. The predicted octanol–water partition coefficient (Wildman–Crippen LogP) is 3.00. The van der Waals surface area contributed by atoms with E-state index in [2.05, 4.69) is 5.32 Å². The normalized spacial score (nSPS) is 10.0. The lowest BCUT2D eigenvalue weighted by molar-refractivity contribution is -0.383. The van der Waals surface area contributed by atoms with Gasteiger partial charge in [-0.2, -0.15) is 0 Å². The molecule has 0 atom stereocenters. The van der Waals surface area contributed by atoms with E-state index in [1.807, 2.05) is 0 Å². The average Bonchev–Trinajstić information content (AvgIpc) is 2.36. The molecule has 0 amide bonds. The molecule has 0 aliphatic carbocycles. The van der Waals surface area contributed by atoms with Gasteiger partial charge in [0.1, 0.15) is 5.69 Å². The third kappa shape index (κ3) is 5.13. The van der Waals surface area contributed by atoms with E-state index in [4.69, 9.17) is 16.3 Å². The Morgan fingerprint density at radius 2 is 2.26 bits per heavy atom. The second-order valence-corrected chi connectivity index (χ2v) is 4.19. The van der Waals surface area contributed by atoms with Crippen LogP contribution in [0.25, 0.3) is 0 Å². The summed E-state index contributed by atoms with van der Waals surface area (Å²) in [5.41, 5.74) is 0.307. The number of nitrogens with zero attached hydrogens (tertiary/aromatic N) is 1.